The summed E-state index contributed by atoms with van der Waals surface area (Å²) < 4.78 is 39.2. The van der Waals surface area contributed by atoms with E-state index in [2.05, 4.69) is 4.90 Å². The highest BCUT2D eigenvalue weighted by Crippen LogP contribution is 2.53. The minimum Gasteiger partial charge on any atom is -0.507 e. The molecule has 5 N–H and O–H groups in total. The average molecular weight is 701 g/mol. The zero-order valence-electron chi connectivity index (χ0n) is 27.5. The van der Waals surface area contributed by atoms with Crippen molar-refractivity contribution in [3.05, 3.63) is 51.6 Å². The Balaban J connectivity index is 1.28. The maximum absolute atomic E-state index is 14.0. The molecule has 5 aliphatic rings. The lowest BCUT2D eigenvalue weighted by Crippen LogP contribution is -2.55. The van der Waals surface area contributed by atoms with Gasteiger partial charge in [0.2, 0.25) is 12.1 Å². The van der Waals surface area contributed by atoms with Crippen LogP contribution in [-0.4, -0.2) is 137 Å². The van der Waals surface area contributed by atoms with Gasteiger partial charge in [0.05, 0.1) is 42.6 Å². The van der Waals surface area contributed by atoms with E-state index in [-0.39, 0.29) is 52.8 Å². The fourth-order valence-electron chi connectivity index (χ4n) is 7.99. The molecule has 8 atom stereocenters. The molecular formula is C34H38NO15+. The van der Waals surface area contributed by atoms with Crippen LogP contribution < -0.4 is 4.74 Å². The number of hydrogen-bond donors (Lipinski definition) is 4. The number of phenolic OH excluding ortho intramolecular Hbond substituents is 2. The molecule has 7 rings (SSSR count). The molecule has 16 heteroatoms. The molecule has 0 radical (unpaired) electrons. The molecule has 0 bridgehead atoms. The average Bonchev–Trinajstić information content (AvgIpc) is 3.47. The standard InChI is InChI=1S/C34H37NO15/c1-14-31-17(35-7-8-47-33(45-3)32(35)50-31)9-22(48-14)49-19-11-34(43,20(36)12-46-13-21(37)38)10-16-24(19)30(42)26-25(28(16)40)27(39)15-5-4-6-18(44-2)23(15)29(26)41/h4-6,14,17,19,22,31-33,40,42-43H,7-13H2,1-3H3,(H,37,38)/p+1/t14-,17?,19-,22-,31?,32?,33-,34-/m0/s1. The summed E-state index contributed by atoms with van der Waals surface area (Å²) >= 11 is 0. The summed E-state index contributed by atoms with van der Waals surface area (Å²) in [6.45, 7) is 1.25. The monoisotopic (exact) mass is 700 g/mol. The Morgan fingerprint density at radius 3 is 2.56 bits per heavy atom. The van der Waals surface area contributed by atoms with Crippen molar-refractivity contribution >= 4 is 23.3 Å². The first-order valence-electron chi connectivity index (χ1n) is 16.2. The normalized spacial score (nSPS) is 31.6. The zero-order chi connectivity index (χ0) is 35.6. The number of carboxylic acids is 1. The number of aromatic hydroxyl groups is 2. The summed E-state index contributed by atoms with van der Waals surface area (Å²) in [5.41, 5.74) is -3.69. The summed E-state index contributed by atoms with van der Waals surface area (Å²) in [4.78, 5) is 54.4. The molecule has 0 saturated carbocycles. The molecule has 16 nitrogen and oxygen atoms in total. The van der Waals surface area contributed by atoms with Crippen molar-refractivity contribution in [1.29, 1.82) is 0 Å². The van der Waals surface area contributed by atoms with Gasteiger partial charge in [-0.15, -0.1) is 0 Å². The van der Waals surface area contributed by atoms with Crippen LogP contribution in [0.15, 0.2) is 18.2 Å². The number of phenols is 2. The molecule has 3 unspecified atom stereocenters. The van der Waals surface area contributed by atoms with Gasteiger partial charge in [0.1, 0.15) is 42.2 Å². The molecule has 2 aromatic carbocycles. The highest BCUT2D eigenvalue weighted by Gasteiger charge is 2.59. The van der Waals surface area contributed by atoms with Gasteiger partial charge < -0.3 is 53.6 Å². The molecule has 0 aromatic heterocycles. The smallest absolute Gasteiger partial charge is 0.329 e. The Morgan fingerprint density at radius 2 is 1.84 bits per heavy atom. The van der Waals surface area contributed by atoms with E-state index in [4.69, 9.17) is 38.3 Å². The predicted molar refractivity (Wildman–Crippen MR) is 166 cm³/mol. The van der Waals surface area contributed by atoms with Gasteiger partial charge in [-0.2, -0.15) is 0 Å². The van der Waals surface area contributed by atoms with Crippen LogP contribution in [0.5, 0.6) is 17.2 Å². The maximum atomic E-state index is 14.0. The molecule has 0 amide bonds. The Hall–Kier alpha value is -4.00. The first kappa shape index (κ1) is 34.4. The summed E-state index contributed by atoms with van der Waals surface area (Å²) in [6.07, 6.45) is -4.76. The number of aliphatic hydroxyl groups is 3. The molecule has 2 aliphatic carbocycles. The highest BCUT2D eigenvalue weighted by atomic mass is 16.7. The fourth-order valence-corrected chi connectivity index (χ4v) is 7.99. The van der Waals surface area contributed by atoms with Crippen LogP contribution in [0.25, 0.3) is 0 Å². The second-order valence-corrected chi connectivity index (χ2v) is 13.1. The second-order valence-electron chi connectivity index (χ2n) is 13.1. The number of benzene rings is 2. The van der Waals surface area contributed by atoms with Crippen molar-refractivity contribution < 1.29 is 72.8 Å². The summed E-state index contributed by atoms with van der Waals surface area (Å²) in [5, 5.41) is 44.4. The lowest BCUT2D eigenvalue weighted by Gasteiger charge is -2.42. The van der Waals surface area contributed by atoms with Gasteiger partial charge in [-0.25, -0.2) is 9.69 Å². The second kappa shape index (κ2) is 13.0. The summed E-state index contributed by atoms with van der Waals surface area (Å²) in [7, 11) is 2.87. The number of rotatable bonds is 9. The van der Waals surface area contributed by atoms with Gasteiger partial charge in [-0.3, -0.25) is 14.4 Å². The van der Waals surface area contributed by atoms with E-state index in [0.29, 0.717) is 13.2 Å². The van der Waals surface area contributed by atoms with Gasteiger partial charge in [-0.05, 0) is 13.0 Å². The topological polar surface area (TPSA) is 221 Å². The highest BCUT2D eigenvalue weighted by molar-refractivity contribution is 6.31. The number of hydrogen-bond acceptors (Lipinski definition) is 14. The van der Waals surface area contributed by atoms with E-state index >= 15 is 0 Å². The number of aliphatic carboxylic acids is 1. The van der Waals surface area contributed by atoms with Crippen LogP contribution in [0.4, 0.5) is 0 Å². The van der Waals surface area contributed by atoms with E-state index < -0.39 is 102 Å². The number of ether oxygens (including phenoxy) is 7. The maximum Gasteiger partial charge on any atom is 0.329 e. The third-order valence-corrected chi connectivity index (χ3v) is 10.2. The number of ketones is 3. The number of Topliss-reactive ketones (excluding diaryl/α,β-unsaturated/α-hetero) is 1. The molecule has 268 valence electrons. The van der Waals surface area contributed by atoms with Gasteiger partial charge >= 0.3 is 5.97 Å². The zero-order valence-corrected chi connectivity index (χ0v) is 27.5. The summed E-state index contributed by atoms with van der Waals surface area (Å²) in [6, 6.07) is 4.23. The van der Waals surface area contributed by atoms with Crippen molar-refractivity contribution in [1.82, 2.24) is 4.90 Å². The first-order chi connectivity index (χ1) is 23.9. The van der Waals surface area contributed by atoms with Gasteiger partial charge in [0, 0.05) is 49.6 Å². The molecule has 3 aliphatic heterocycles. The molecule has 3 fully saturated rings. The molecular weight excluding hydrogens is 662 g/mol. The third kappa shape index (κ3) is 5.47. The molecule has 3 saturated heterocycles. The van der Waals surface area contributed by atoms with Crippen LogP contribution >= 0.6 is 0 Å². The minimum absolute atomic E-state index is 0.0632. The molecule has 0 spiro atoms. The van der Waals surface area contributed by atoms with Crippen molar-refractivity contribution in [2.24, 2.45) is 0 Å². The van der Waals surface area contributed by atoms with E-state index in [9.17, 15) is 34.5 Å². The van der Waals surface area contributed by atoms with Crippen LogP contribution in [0.3, 0.4) is 0 Å². The quantitative estimate of drug-likeness (QED) is 0.175. The fraction of sp³-hybridized carbons (Fsp3) is 0.529. The largest absolute Gasteiger partial charge is 0.507 e. The van der Waals surface area contributed by atoms with Gasteiger partial charge in [0.25, 0.3) is 6.23 Å². The predicted octanol–water partition coefficient (Wildman–Crippen LogP) is 0.332. The Labute approximate surface area is 285 Å². The number of methoxy groups -OCH3 is 2. The SMILES string of the molecule is COc1cccc2c1C(=O)c1c(O)c3c(c(O)c1C2=O)C[C@@](O)(C(=O)COCC(=O)O)C[C@@H]3O[C@H]1CC2C([OH+]C3[C@@H](OC)OCCN23)[C@H](C)O1. The Bertz CT molecular complexity index is 1760. The third-order valence-electron chi connectivity index (χ3n) is 10.2. The molecule has 3 heterocycles. The number of nitrogens with zero attached hydrogens (tertiary/aromatic N) is 1. The molecule has 2 aromatic rings. The van der Waals surface area contributed by atoms with E-state index in [0.717, 1.165) is 0 Å². The van der Waals surface area contributed by atoms with Gasteiger partial charge in [-0.1, -0.05) is 12.1 Å². The Kier molecular flexibility index (Phi) is 8.93. The number of fused-ring (bicyclic) bond motifs is 6. The molecule has 50 heavy (non-hydrogen) atoms. The van der Waals surface area contributed by atoms with Crippen LogP contribution in [0, 0.1) is 0 Å². The van der Waals surface area contributed by atoms with Crippen LogP contribution in [0.2, 0.25) is 0 Å². The van der Waals surface area contributed by atoms with Crippen molar-refractivity contribution in [3.8, 4) is 17.2 Å². The van der Waals surface area contributed by atoms with E-state index in [1.165, 1.54) is 25.3 Å². The van der Waals surface area contributed by atoms with Crippen molar-refractivity contribution in [2.75, 3.05) is 40.6 Å². The number of carbonyl (C=O) groups excluding carboxylic acids is 3. The lowest BCUT2D eigenvalue weighted by molar-refractivity contribution is -0.306. The van der Waals surface area contributed by atoms with Crippen LogP contribution in [-0.2, 0) is 39.7 Å². The first-order valence-corrected chi connectivity index (χ1v) is 16.2. The number of carbonyl (C=O) groups is 4. The number of morpholine rings is 1. The van der Waals surface area contributed by atoms with Gasteiger partial charge in [0.15, 0.2) is 24.0 Å². The van der Waals surface area contributed by atoms with Crippen molar-refractivity contribution in [3.63, 3.8) is 0 Å². The lowest BCUT2D eigenvalue weighted by atomic mass is 9.72. The minimum atomic E-state index is -2.30. The van der Waals surface area contributed by atoms with Crippen molar-refractivity contribution in [2.45, 2.75) is 74.9 Å². The van der Waals surface area contributed by atoms with E-state index in [1.807, 2.05) is 6.92 Å². The van der Waals surface area contributed by atoms with E-state index in [1.54, 1.807) is 7.11 Å². The number of carboxylic acid groups (broad SMARTS) is 1. The summed E-state index contributed by atoms with van der Waals surface area (Å²) in [5.74, 6) is -5.06. The Morgan fingerprint density at radius 1 is 1.08 bits per heavy atom. The van der Waals surface area contributed by atoms with Crippen LogP contribution in [0.1, 0.15) is 68.8 Å².